The van der Waals surface area contributed by atoms with Gasteiger partial charge in [-0.3, -0.25) is 4.98 Å². The van der Waals surface area contributed by atoms with E-state index in [1.807, 2.05) is 25.1 Å². The van der Waals surface area contributed by atoms with Crippen molar-refractivity contribution in [1.29, 1.82) is 0 Å². The van der Waals surface area contributed by atoms with Crippen LogP contribution in [0.15, 0.2) is 53.7 Å². The van der Waals surface area contributed by atoms with E-state index in [-0.39, 0.29) is 42.9 Å². The van der Waals surface area contributed by atoms with E-state index in [4.69, 9.17) is 4.74 Å². The molecule has 26 heavy (non-hydrogen) atoms. The molecule has 1 atom stereocenters. The van der Waals surface area contributed by atoms with Gasteiger partial charge in [-0.2, -0.15) is 0 Å². The average Bonchev–Trinajstić information content (AvgIpc) is 2.64. The summed E-state index contributed by atoms with van der Waals surface area (Å²) in [6.45, 7) is 3.48. The largest absolute Gasteiger partial charge is 0.491 e. The predicted octanol–water partition coefficient (Wildman–Crippen LogP) is 2.33. The molecule has 0 spiro atoms. The van der Waals surface area contributed by atoms with Crippen molar-refractivity contribution in [3.05, 3.63) is 60.2 Å². The molecule has 142 valence electrons. The number of hydrogen-bond donors (Lipinski definition) is 3. The van der Waals surface area contributed by atoms with Gasteiger partial charge in [0.1, 0.15) is 24.3 Å². The maximum atomic E-state index is 12.8. The van der Waals surface area contributed by atoms with Gasteiger partial charge >= 0.3 is 0 Å². The van der Waals surface area contributed by atoms with Crippen molar-refractivity contribution in [3.63, 3.8) is 0 Å². The topological polar surface area (TPSA) is 78.8 Å². The lowest BCUT2D eigenvalue weighted by molar-refractivity contribution is 0.110. The number of halogens is 2. The normalized spacial score (nSPS) is 12.0. The number of ether oxygens (including phenoxy) is 1. The van der Waals surface area contributed by atoms with Crippen LogP contribution in [0, 0.1) is 5.82 Å². The van der Waals surface area contributed by atoms with Crippen LogP contribution in [0.1, 0.15) is 12.6 Å². The smallest absolute Gasteiger partial charge is 0.191 e. The van der Waals surface area contributed by atoms with Crippen molar-refractivity contribution in [2.45, 2.75) is 19.6 Å². The molecule has 0 fully saturated rings. The number of nitrogens with zero attached hydrogens (tertiary/aromatic N) is 2. The first kappa shape index (κ1) is 22.1. The maximum Gasteiger partial charge on any atom is 0.191 e. The van der Waals surface area contributed by atoms with Crippen LogP contribution >= 0.6 is 24.0 Å². The molecule has 3 N–H and O–H groups in total. The lowest BCUT2D eigenvalue weighted by atomic mass is 10.3. The lowest BCUT2D eigenvalue weighted by Crippen LogP contribution is -2.42. The Morgan fingerprint density at radius 2 is 2.00 bits per heavy atom. The summed E-state index contributed by atoms with van der Waals surface area (Å²) >= 11 is 0. The molecule has 0 radical (unpaired) electrons. The minimum atomic E-state index is -0.733. The Kier molecular flexibility index (Phi) is 10.6. The fourth-order valence-corrected chi connectivity index (χ4v) is 1.99. The van der Waals surface area contributed by atoms with Crippen LogP contribution in [0.3, 0.4) is 0 Å². The highest BCUT2D eigenvalue weighted by Crippen LogP contribution is 2.11. The third-order valence-corrected chi connectivity index (χ3v) is 3.23. The highest BCUT2D eigenvalue weighted by Gasteiger charge is 2.07. The summed E-state index contributed by atoms with van der Waals surface area (Å²) in [5.41, 5.74) is 0.861. The lowest BCUT2D eigenvalue weighted by Gasteiger charge is -2.16. The Hall–Kier alpha value is -1.94. The van der Waals surface area contributed by atoms with E-state index in [1.54, 1.807) is 6.20 Å². The van der Waals surface area contributed by atoms with E-state index in [9.17, 15) is 9.50 Å². The van der Waals surface area contributed by atoms with Gasteiger partial charge in [0.15, 0.2) is 5.96 Å². The quantitative estimate of drug-likeness (QED) is 0.311. The SMILES string of the molecule is CCNC(=NCc1ccccn1)NCC(O)COc1ccc(F)cc1.I. The summed E-state index contributed by atoms with van der Waals surface area (Å²) in [5, 5.41) is 16.2. The van der Waals surface area contributed by atoms with Gasteiger partial charge in [-0.25, -0.2) is 9.38 Å². The first-order chi connectivity index (χ1) is 12.2. The summed E-state index contributed by atoms with van der Waals surface area (Å²) in [6, 6.07) is 11.3. The molecule has 0 amide bonds. The fourth-order valence-electron chi connectivity index (χ4n) is 1.99. The molecule has 0 saturated heterocycles. The highest BCUT2D eigenvalue weighted by atomic mass is 127. The molecular formula is C18H24FIN4O2. The Labute approximate surface area is 169 Å². The number of aliphatic imine (C=N–C) groups is 1. The highest BCUT2D eigenvalue weighted by molar-refractivity contribution is 14.0. The summed E-state index contributed by atoms with van der Waals surface area (Å²) in [4.78, 5) is 8.64. The van der Waals surface area contributed by atoms with Crippen molar-refractivity contribution in [2.24, 2.45) is 4.99 Å². The number of aliphatic hydroxyl groups is 1. The summed E-state index contributed by atoms with van der Waals surface area (Å²) in [7, 11) is 0. The van der Waals surface area contributed by atoms with Crippen LogP contribution in [0.25, 0.3) is 0 Å². The van der Waals surface area contributed by atoms with Crippen LogP contribution < -0.4 is 15.4 Å². The molecule has 2 aromatic rings. The van der Waals surface area contributed by atoms with Gasteiger partial charge in [0.2, 0.25) is 0 Å². The van der Waals surface area contributed by atoms with E-state index in [0.29, 0.717) is 24.8 Å². The number of aliphatic hydroxyl groups excluding tert-OH is 1. The van der Waals surface area contributed by atoms with E-state index < -0.39 is 6.10 Å². The summed E-state index contributed by atoms with van der Waals surface area (Å²) in [6.07, 6.45) is 0.991. The van der Waals surface area contributed by atoms with E-state index in [1.165, 1.54) is 24.3 Å². The number of rotatable bonds is 8. The van der Waals surface area contributed by atoms with Crippen LogP contribution in [-0.2, 0) is 6.54 Å². The van der Waals surface area contributed by atoms with E-state index in [0.717, 1.165) is 5.69 Å². The maximum absolute atomic E-state index is 12.8. The number of hydrogen-bond acceptors (Lipinski definition) is 4. The standard InChI is InChI=1S/C18H23FN4O2.HI/c1-2-20-18(22-11-15-5-3-4-10-21-15)23-12-16(24)13-25-17-8-6-14(19)7-9-17;/h3-10,16,24H,2,11-13H2,1H3,(H2,20,22,23);1H. The van der Waals surface area contributed by atoms with Gasteiger partial charge in [-0.1, -0.05) is 6.07 Å². The Morgan fingerprint density at radius 3 is 2.65 bits per heavy atom. The summed E-state index contributed by atoms with van der Waals surface area (Å²) < 4.78 is 18.2. The number of guanidine groups is 1. The summed E-state index contributed by atoms with van der Waals surface area (Å²) in [5.74, 6) is 0.777. The molecule has 0 aliphatic heterocycles. The first-order valence-electron chi connectivity index (χ1n) is 8.16. The van der Waals surface area contributed by atoms with Crippen LogP contribution in [-0.4, -0.2) is 41.9 Å². The molecule has 1 aromatic carbocycles. The van der Waals surface area contributed by atoms with Gasteiger partial charge in [0.25, 0.3) is 0 Å². The molecule has 1 heterocycles. The van der Waals surface area contributed by atoms with Gasteiger partial charge in [-0.05, 0) is 43.3 Å². The molecule has 0 aliphatic carbocycles. The molecule has 0 bridgehead atoms. The van der Waals surface area contributed by atoms with Crippen molar-refractivity contribution in [3.8, 4) is 5.75 Å². The molecule has 1 aromatic heterocycles. The molecule has 1 unspecified atom stereocenters. The van der Waals surface area contributed by atoms with Gasteiger partial charge in [0.05, 0.1) is 12.2 Å². The van der Waals surface area contributed by atoms with Crippen molar-refractivity contribution < 1.29 is 14.2 Å². The molecule has 2 rings (SSSR count). The zero-order valence-corrected chi connectivity index (χ0v) is 16.9. The van der Waals surface area contributed by atoms with Crippen LogP contribution in [0.2, 0.25) is 0 Å². The zero-order chi connectivity index (χ0) is 17.9. The molecule has 6 nitrogen and oxygen atoms in total. The minimum Gasteiger partial charge on any atom is -0.491 e. The van der Waals surface area contributed by atoms with Crippen LogP contribution in [0.4, 0.5) is 4.39 Å². The molecular weight excluding hydrogens is 450 g/mol. The number of nitrogens with one attached hydrogen (secondary N) is 2. The zero-order valence-electron chi connectivity index (χ0n) is 14.6. The third kappa shape index (κ3) is 8.43. The van der Waals surface area contributed by atoms with E-state index >= 15 is 0 Å². The van der Waals surface area contributed by atoms with Crippen molar-refractivity contribution in [2.75, 3.05) is 19.7 Å². The number of benzene rings is 1. The Bertz CT molecular complexity index is 656. The molecule has 8 heteroatoms. The fraction of sp³-hybridized carbons (Fsp3) is 0.333. The minimum absolute atomic E-state index is 0. The van der Waals surface area contributed by atoms with Crippen LogP contribution in [0.5, 0.6) is 5.75 Å². The van der Waals surface area contributed by atoms with Gasteiger partial charge in [-0.15, -0.1) is 24.0 Å². The van der Waals surface area contributed by atoms with E-state index in [2.05, 4.69) is 20.6 Å². The van der Waals surface area contributed by atoms with Gasteiger partial charge < -0.3 is 20.5 Å². The Morgan fingerprint density at radius 1 is 1.23 bits per heavy atom. The van der Waals surface area contributed by atoms with Crippen molar-refractivity contribution in [1.82, 2.24) is 15.6 Å². The first-order valence-corrected chi connectivity index (χ1v) is 8.16. The average molecular weight is 474 g/mol. The molecule has 0 saturated carbocycles. The van der Waals surface area contributed by atoms with Gasteiger partial charge in [0, 0.05) is 19.3 Å². The number of pyridine rings is 1. The third-order valence-electron chi connectivity index (χ3n) is 3.23. The second-order valence-corrected chi connectivity index (χ2v) is 5.32. The monoisotopic (exact) mass is 474 g/mol. The predicted molar refractivity (Wildman–Crippen MR) is 110 cm³/mol. The van der Waals surface area contributed by atoms with Crippen molar-refractivity contribution >= 4 is 29.9 Å². The molecule has 0 aliphatic rings. The second kappa shape index (κ2) is 12.4. The second-order valence-electron chi connectivity index (χ2n) is 5.32. The number of aromatic nitrogens is 1. The Balaban J connectivity index is 0.00000338.